The van der Waals surface area contributed by atoms with Crippen LogP contribution >= 0.6 is 11.8 Å². The Morgan fingerprint density at radius 2 is 1.96 bits per heavy atom. The number of aromatic nitrogens is 3. The Kier molecular flexibility index (Phi) is 5.92. The quantitative estimate of drug-likeness (QED) is 0.632. The first-order valence-electron chi connectivity index (χ1n) is 8.24. The first-order chi connectivity index (χ1) is 13.1. The summed E-state index contributed by atoms with van der Waals surface area (Å²) in [4.78, 5) is 23.1. The van der Waals surface area contributed by atoms with Crippen molar-refractivity contribution in [3.8, 4) is 11.4 Å². The Bertz CT molecular complexity index is 936. The molecule has 27 heavy (non-hydrogen) atoms. The van der Waals surface area contributed by atoms with Gasteiger partial charge in [0.2, 0.25) is 5.91 Å². The molecule has 3 rings (SSSR count). The van der Waals surface area contributed by atoms with Crippen LogP contribution in [0.15, 0.2) is 52.2 Å². The Morgan fingerprint density at radius 1 is 1.19 bits per heavy atom. The number of nitrogens with one attached hydrogen (secondary N) is 2. The summed E-state index contributed by atoms with van der Waals surface area (Å²) in [6.07, 6.45) is 1.61. The second-order valence-corrected chi connectivity index (χ2v) is 6.63. The maximum Gasteiger partial charge on any atom is 0.321 e. The molecule has 0 unspecified atom stereocenters. The lowest BCUT2D eigenvalue weighted by molar-refractivity contribution is -0.117. The van der Waals surface area contributed by atoms with Crippen LogP contribution < -0.4 is 10.6 Å². The van der Waals surface area contributed by atoms with E-state index < -0.39 is 11.9 Å². The molecule has 1 aromatic carbocycles. The number of aryl methyl sites for hydroxylation is 1. The van der Waals surface area contributed by atoms with Gasteiger partial charge < -0.3 is 9.73 Å². The molecular formula is C18H19N5O3S. The van der Waals surface area contributed by atoms with Crippen LogP contribution in [0.5, 0.6) is 0 Å². The summed E-state index contributed by atoms with van der Waals surface area (Å²) in [6, 6.07) is 11.2. The maximum atomic E-state index is 11.9. The Labute approximate surface area is 160 Å². The van der Waals surface area contributed by atoms with Crippen molar-refractivity contribution in [1.29, 1.82) is 0 Å². The number of nitrogens with zero attached hydrogens (tertiary/aromatic N) is 3. The number of amides is 3. The Hall–Kier alpha value is -3.07. The largest absolute Gasteiger partial charge is 0.469 e. The van der Waals surface area contributed by atoms with Gasteiger partial charge in [0, 0.05) is 7.05 Å². The lowest BCUT2D eigenvalue weighted by Gasteiger charge is -2.10. The number of imide groups is 1. The van der Waals surface area contributed by atoms with Crippen LogP contribution in [0.2, 0.25) is 0 Å². The molecule has 0 bridgehead atoms. The van der Waals surface area contributed by atoms with Crippen LogP contribution in [0.3, 0.4) is 0 Å². The minimum absolute atomic E-state index is 0.0463. The number of thioether (sulfide) groups is 1. The molecule has 0 saturated heterocycles. The zero-order valence-electron chi connectivity index (χ0n) is 14.9. The third-order valence-electron chi connectivity index (χ3n) is 3.81. The monoisotopic (exact) mass is 385 g/mol. The van der Waals surface area contributed by atoms with Crippen LogP contribution in [0.1, 0.15) is 11.3 Å². The van der Waals surface area contributed by atoms with Gasteiger partial charge in [-0.15, -0.1) is 10.2 Å². The van der Waals surface area contributed by atoms with Gasteiger partial charge in [0.25, 0.3) is 0 Å². The zero-order valence-corrected chi connectivity index (χ0v) is 15.7. The second kappa shape index (κ2) is 8.54. The third-order valence-corrected chi connectivity index (χ3v) is 4.78. The summed E-state index contributed by atoms with van der Waals surface area (Å²) in [6.45, 7) is 2.41. The number of hydrogen-bond donors (Lipinski definition) is 2. The molecule has 0 radical (unpaired) electrons. The van der Waals surface area contributed by atoms with Crippen LogP contribution in [0, 0.1) is 6.92 Å². The zero-order chi connectivity index (χ0) is 19.2. The molecule has 3 aromatic rings. The number of hydrogen-bond acceptors (Lipinski definition) is 6. The van der Waals surface area contributed by atoms with Crippen molar-refractivity contribution in [1.82, 2.24) is 25.4 Å². The molecule has 140 valence electrons. The van der Waals surface area contributed by atoms with E-state index in [2.05, 4.69) is 20.8 Å². The molecule has 0 saturated carbocycles. The lowest BCUT2D eigenvalue weighted by atomic mass is 10.2. The van der Waals surface area contributed by atoms with Crippen molar-refractivity contribution in [3.63, 3.8) is 0 Å². The van der Waals surface area contributed by atoms with Gasteiger partial charge in [-0.2, -0.15) is 0 Å². The van der Waals surface area contributed by atoms with Crippen molar-refractivity contribution < 1.29 is 14.0 Å². The molecule has 0 atom stereocenters. The molecule has 3 amide bonds. The van der Waals surface area contributed by atoms with Crippen LogP contribution in [0.25, 0.3) is 11.4 Å². The predicted octanol–water partition coefficient (Wildman–Crippen LogP) is 2.44. The van der Waals surface area contributed by atoms with E-state index in [0.717, 1.165) is 16.9 Å². The van der Waals surface area contributed by atoms with Gasteiger partial charge in [0.05, 0.1) is 24.1 Å². The van der Waals surface area contributed by atoms with E-state index in [-0.39, 0.29) is 5.75 Å². The summed E-state index contributed by atoms with van der Waals surface area (Å²) in [5.74, 6) is 1.05. The number of rotatable bonds is 6. The summed E-state index contributed by atoms with van der Waals surface area (Å²) in [5, 5.41) is 13.7. The number of furan rings is 1. The number of carbonyl (C=O) groups is 2. The van der Waals surface area contributed by atoms with Crippen LogP contribution in [-0.4, -0.2) is 39.5 Å². The minimum Gasteiger partial charge on any atom is -0.469 e. The molecule has 2 N–H and O–H groups in total. The van der Waals surface area contributed by atoms with E-state index in [0.29, 0.717) is 17.5 Å². The average Bonchev–Trinajstić information content (AvgIpc) is 3.26. The van der Waals surface area contributed by atoms with Crippen molar-refractivity contribution in [2.45, 2.75) is 18.6 Å². The first-order valence-corrected chi connectivity index (χ1v) is 9.23. The minimum atomic E-state index is -0.541. The Morgan fingerprint density at radius 3 is 2.63 bits per heavy atom. The van der Waals surface area contributed by atoms with E-state index in [1.807, 2.05) is 47.9 Å². The fraction of sp³-hybridized carbons (Fsp3) is 0.222. The lowest BCUT2D eigenvalue weighted by Crippen LogP contribution is -2.38. The number of urea groups is 1. The normalized spacial score (nSPS) is 10.6. The van der Waals surface area contributed by atoms with Gasteiger partial charge in [-0.25, -0.2) is 4.79 Å². The third kappa shape index (κ3) is 4.56. The van der Waals surface area contributed by atoms with Gasteiger partial charge in [-0.1, -0.05) is 42.1 Å². The van der Waals surface area contributed by atoms with E-state index in [1.165, 1.54) is 18.8 Å². The highest BCUT2D eigenvalue weighted by Gasteiger charge is 2.19. The predicted molar refractivity (Wildman–Crippen MR) is 101 cm³/mol. The second-order valence-electron chi connectivity index (χ2n) is 5.68. The van der Waals surface area contributed by atoms with Gasteiger partial charge in [0.1, 0.15) is 5.76 Å². The average molecular weight is 385 g/mol. The molecule has 0 fully saturated rings. The van der Waals surface area contributed by atoms with E-state index in [9.17, 15) is 9.59 Å². The number of carbonyl (C=O) groups excluding carboxylic acids is 2. The summed E-state index contributed by atoms with van der Waals surface area (Å²) >= 11 is 1.22. The molecule has 8 nitrogen and oxygen atoms in total. The first kappa shape index (κ1) is 18.7. The molecule has 0 aliphatic carbocycles. The van der Waals surface area contributed by atoms with Gasteiger partial charge in [-0.3, -0.25) is 14.7 Å². The molecule has 2 heterocycles. The standard InChI is InChI=1S/C18H19N5O3S/c1-12-14(8-9-26-12)16-21-22-18(27-11-15(24)20-17(25)19-2)23(16)10-13-6-4-3-5-7-13/h3-9H,10-11H2,1-2H3,(H2,19,20,24,25). The molecule has 0 spiro atoms. The van der Waals surface area contributed by atoms with Crippen LogP contribution in [0.4, 0.5) is 4.79 Å². The molecular weight excluding hydrogens is 366 g/mol. The number of benzene rings is 1. The smallest absolute Gasteiger partial charge is 0.321 e. The van der Waals surface area contributed by atoms with Crippen molar-refractivity contribution in [2.75, 3.05) is 12.8 Å². The van der Waals surface area contributed by atoms with E-state index >= 15 is 0 Å². The van der Waals surface area contributed by atoms with Gasteiger partial charge >= 0.3 is 6.03 Å². The summed E-state index contributed by atoms with van der Waals surface area (Å²) < 4.78 is 7.33. The summed E-state index contributed by atoms with van der Waals surface area (Å²) in [5.41, 5.74) is 1.93. The maximum absolute atomic E-state index is 11.9. The SMILES string of the molecule is CNC(=O)NC(=O)CSc1nnc(-c2ccoc2C)n1Cc1ccccc1. The molecule has 2 aromatic heterocycles. The molecule has 0 aliphatic heterocycles. The van der Waals surface area contributed by atoms with E-state index in [1.54, 1.807) is 6.26 Å². The summed E-state index contributed by atoms with van der Waals surface area (Å²) in [7, 11) is 1.45. The topological polar surface area (TPSA) is 102 Å². The molecule has 9 heteroatoms. The Balaban J connectivity index is 1.85. The van der Waals surface area contributed by atoms with Gasteiger partial charge in [-0.05, 0) is 18.6 Å². The van der Waals surface area contributed by atoms with Crippen LogP contribution in [-0.2, 0) is 11.3 Å². The highest BCUT2D eigenvalue weighted by Crippen LogP contribution is 2.27. The fourth-order valence-corrected chi connectivity index (χ4v) is 3.21. The van der Waals surface area contributed by atoms with Crippen molar-refractivity contribution in [2.24, 2.45) is 0 Å². The molecule has 0 aliphatic rings. The van der Waals surface area contributed by atoms with Crippen molar-refractivity contribution >= 4 is 23.7 Å². The van der Waals surface area contributed by atoms with Gasteiger partial charge in [0.15, 0.2) is 11.0 Å². The van der Waals surface area contributed by atoms with E-state index in [4.69, 9.17) is 4.42 Å². The fourth-order valence-electron chi connectivity index (χ4n) is 2.48. The highest BCUT2D eigenvalue weighted by atomic mass is 32.2. The highest BCUT2D eigenvalue weighted by molar-refractivity contribution is 7.99. The van der Waals surface area contributed by atoms with Crippen molar-refractivity contribution in [3.05, 3.63) is 54.0 Å².